The maximum atomic E-state index is 13.5. The lowest BCUT2D eigenvalue weighted by molar-refractivity contribution is 0.0729. The van der Waals surface area contributed by atoms with Crippen molar-refractivity contribution in [2.75, 3.05) is 6.54 Å². The first-order valence-electron chi connectivity index (χ1n) is 12.2. The number of aromatic nitrogens is 3. The van der Waals surface area contributed by atoms with E-state index in [2.05, 4.69) is 49.4 Å². The van der Waals surface area contributed by atoms with Crippen molar-refractivity contribution in [3.63, 3.8) is 0 Å². The van der Waals surface area contributed by atoms with Crippen molar-refractivity contribution in [3.8, 4) is 0 Å². The Bertz CT molecular complexity index is 991. The summed E-state index contributed by atoms with van der Waals surface area (Å²) in [6, 6.07) is 12.1. The van der Waals surface area contributed by atoms with E-state index in [0.717, 1.165) is 54.9 Å². The molecular weight excluding hydrogens is 396 g/mol. The van der Waals surface area contributed by atoms with E-state index >= 15 is 0 Å². The average Bonchev–Trinajstić information content (AvgIpc) is 3.14. The van der Waals surface area contributed by atoms with E-state index in [1.165, 1.54) is 24.8 Å². The third-order valence-electron chi connectivity index (χ3n) is 5.90. The monoisotopic (exact) mass is 434 g/mol. The van der Waals surface area contributed by atoms with Crippen molar-refractivity contribution in [1.29, 1.82) is 0 Å². The fraction of sp³-hybridized carbons (Fsp3) is 0.519. The summed E-state index contributed by atoms with van der Waals surface area (Å²) in [7, 11) is 0. The SMILES string of the molecule is CCCCCc1ccc(C(=O)N(CCC(C)C)Cc2nc3cccnc3n2CCC)cc1. The molecule has 1 aromatic carbocycles. The predicted molar refractivity (Wildman–Crippen MR) is 132 cm³/mol. The number of rotatable bonds is 12. The van der Waals surface area contributed by atoms with E-state index in [1.54, 1.807) is 0 Å². The number of aryl methyl sites for hydroxylation is 2. The Morgan fingerprint density at radius 2 is 1.84 bits per heavy atom. The van der Waals surface area contributed by atoms with Gasteiger partial charge >= 0.3 is 0 Å². The highest BCUT2D eigenvalue weighted by atomic mass is 16.2. The molecule has 3 rings (SSSR count). The minimum Gasteiger partial charge on any atom is -0.331 e. The fourth-order valence-corrected chi connectivity index (χ4v) is 4.00. The summed E-state index contributed by atoms with van der Waals surface area (Å²) in [4.78, 5) is 24.8. The van der Waals surface area contributed by atoms with E-state index in [0.29, 0.717) is 12.5 Å². The number of unbranched alkanes of at least 4 members (excludes halogenated alkanes) is 2. The van der Waals surface area contributed by atoms with Gasteiger partial charge in [-0.05, 0) is 61.4 Å². The maximum Gasteiger partial charge on any atom is 0.254 e. The molecule has 0 saturated carbocycles. The van der Waals surface area contributed by atoms with Crippen molar-refractivity contribution >= 4 is 17.1 Å². The zero-order valence-corrected chi connectivity index (χ0v) is 20.2. The van der Waals surface area contributed by atoms with Gasteiger partial charge in [0.15, 0.2) is 5.65 Å². The summed E-state index contributed by atoms with van der Waals surface area (Å²) in [6.45, 7) is 10.8. The largest absolute Gasteiger partial charge is 0.331 e. The lowest BCUT2D eigenvalue weighted by atomic mass is 10.0. The van der Waals surface area contributed by atoms with E-state index in [4.69, 9.17) is 4.98 Å². The first kappa shape index (κ1) is 24.0. The molecule has 0 radical (unpaired) electrons. The third kappa shape index (κ3) is 6.18. The minimum atomic E-state index is 0.0776. The van der Waals surface area contributed by atoms with Crippen LogP contribution in [0.25, 0.3) is 11.2 Å². The fourth-order valence-electron chi connectivity index (χ4n) is 4.00. The number of carbonyl (C=O) groups is 1. The molecular formula is C27H38N4O. The summed E-state index contributed by atoms with van der Waals surface area (Å²) >= 11 is 0. The Morgan fingerprint density at radius 3 is 2.53 bits per heavy atom. The number of amides is 1. The standard InChI is InChI=1S/C27H38N4O/c1-5-7-8-10-22-12-14-23(15-13-22)27(32)30(19-16-21(3)4)20-25-29-24-11-9-17-28-26(24)31(25)18-6-2/h9,11-15,17,21H,5-8,10,16,18-20H2,1-4H3. The van der Waals surface area contributed by atoms with Crippen LogP contribution in [0.15, 0.2) is 42.6 Å². The molecule has 0 fully saturated rings. The molecule has 0 N–H and O–H groups in total. The van der Waals surface area contributed by atoms with Gasteiger partial charge in [-0.2, -0.15) is 0 Å². The number of pyridine rings is 1. The molecule has 0 aliphatic rings. The molecule has 0 atom stereocenters. The van der Waals surface area contributed by atoms with Crippen molar-refractivity contribution in [2.24, 2.45) is 5.92 Å². The predicted octanol–water partition coefficient (Wildman–Crippen LogP) is 6.26. The van der Waals surface area contributed by atoms with Gasteiger partial charge in [0, 0.05) is 24.8 Å². The molecule has 172 valence electrons. The van der Waals surface area contributed by atoms with Crippen molar-refractivity contribution in [2.45, 2.75) is 79.3 Å². The zero-order valence-electron chi connectivity index (χ0n) is 20.2. The van der Waals surface area contributed by atoms with Gasteiger partial charge in [0.05, 0.1) is 6.54 Å². The van der Waals surface area contributed by atoms with E-state index in [9.17, 15) is 4.79 Å². The molecule has 2 heterocycles. The quantitative estimate of drug-likeness (QED) is 0.316. The topological polar surface area (TPSA) is 51.0 Å². The van der Waals surface area contributed by atoms with Gasteiger partial charge in [0.2, 0.25) is 0 Å². The molecule has 0 bridgehead atoms. The Labute approximate surface area is 192 Å². The Kier molecular flexibility index (Phi) is 8.83. The number of fused-ring (bicyclic) bond motifs is 1. The summed E-state index contributed by atoms with van der Waals surface area (Å²) in [6.07, 6.45) is 8.52. The van der Waals surface area contributed by atoms with E-state index in [1.807, 2.05) is 35.4 Å². The molecule has 32 heavy (non-hydrogen) atoms. The molecule has 0 spiro atoms. The molecule has 0 aliphatic carbocycles. The summed E-state index contributed by atoms with van der Waals surface area (Å²) in [5.41, 5.74) is 3.85. The second kappa shape index (κ2) is 11.8. The number of hydrogen-bond acceptors (Lipinski definition) is 3. The Hall–Kier alpha value is -2.69. The first-order chi connectivity index (χ1) is 15.5. The van der Waals surface area contributed by atoms with Crippen LogP contribution in [0.5, 0.6) is 0 Å². The highest BCUT2D eigenvalue weighted by Gasteiger charge is 2.20. The summed E-state index contributed by atoms with van der Waals surface area (Å²) in [5.74, 6) is 1.52. The molecule has 0 saturated heterocycles. The molecule has 0 aliphatic heterocycles. The molecule has 3 aromatic rings. The van der Waals surface area contributed by atoms with Gasteiger partial charge in [-0.3, -0.25) is 4.79 Å². The lowest BCUT2D eigenvalue weighted by Gasteiger charge is -2.24. The van der Waals surface area contributed by atoms with Crippen LogP contribution in [0.3, 0.4) is 0 Å². The third-order valence-corrected chi connectivity index (χ3v) is 5.90. The molecule has 5 nitrogen and oxygen atoms in total. The summed E-state index contributed by atoms with van der Waals surface area (Å²) in [5, 5.41) is 0. The average molecular weight is 435 g/mol. The van der Waals surface area contributed by atoms with Crippen LogP contribution in [0, 0.1) is 5.92 Å². The van der Waals surface area contributed by atoms with Gasteiger partial charge in [0.25, 0.3) is 5.91 Å². The molecule has 5 heteroatoms. The number of benzene rings is 1. The Balaban J connectivity index is 1.83. The van der Waals surface area contributed by atoms with Crippen LogP contribution in [-0.2, 0) is 19.5 Å². The van der Waals surface area contributed by atoms with Crippen LogP contribution in [0.1, 0.15) is 81.5 Å². The number of imidazole rings is 1. The maximum absolute atomic E-state index is 13.5. The second-order valence-electron chi connectivity index (χ2n) is 9.09. The number of nitrogens with zero attached hydrogens (tertiary/aromatic N) is 4. The van der Waals surface area contributed by atoms with Gasteiger partial charge in [-0.25, -0.2) is 9.97 Å². The van der Waals surface area contributed by atoms with Gasteiger partial charge in [0.1, 0.15) is 11.3 Å². The van der Waals surface area contributed by atoms with Crippen LogP contribution in [0.2, 0.25) is 0 Å². The zero-order chi connectivity index (χ0) is 22.9. The molecule has 2 aromatic heterocycles. The van der Waals surface area contributed by atoms with Crippen LogP contribution in [-0.4, -0.2) is 31.9 Å². The van der Waals surface area contributed by atoms with Crippen molar-refractivity contribution < 1.29 is 4.79 Å². The summed E-state index contributed by atoms with van der Waals surface area (Å²) < 4.78 is 2.17. The first-order valence-corrected chi connectivity index (χ1v) is 12.2. The van der Waals surface area contributed by atoms with Crippen molar-refractivity contribution in [1.82, 2.24) is 19.4 Å². The van der Waals surface area contributed by atoms with Gasteiger partial charge in [-0.15, -0.1) is 0 Å². The second-order valence-corrected chi connectivity index (χ2v) is 9.09. The smallest absolute Gasteiger partial charge is 0.254 e. The van der Waals surface area contributed by atoms with Crippen LogP contribution >= 0.6 is 0 Å². The van der Waals surface area contributed by atoms with Crippen LogP contribution < -0.4 is 0 Å². The lowest BCUT2D eigenvalue weighted by Crippen LogP contribution is -2.33. The Morgan fingerprint density at radius 1 is 1.06 bits per heavy atom. The van der Waals surface area contributed by atoms with E-state index < -0.39 is 0 Å². The van der Waals surface area contributed by atoms with Gasteiger partial charge in [-0.1, -0.05) is 52.7 Å². The highest BCUT2D eigenvalue weighted by Crippen LogP contribution is 2.19. The van der Waals surface area contributed by atoms with E-state index in [-0.39, 0.29) is 5.91 Å². The molecule has 1 amide bonds. The van der Waals surface area contributed by atoms with Crippen LogP contribution in [0.4, 0.5) is 0 Å². The minimum absolute atomic E-state index is 0.0776. The highest BCUT2D eigenvalue weighted by molar-refractivity contribution is 5.94. The number of hydrogen-bond donors (Lipinski definition) is 0. The number of carbonyl (C=O) groups excluding carboxylic acids is 1. The molecule has 0 unspecified atom stereocenters. The normalized spacial score (nSPS) is 11.4. The van der Waals surface area contributed by atoms with Crippen molar-refractivity contribution in [3.05, 3.63) is 59.5 Å². The van der Waals surface area contributed by atoms with Gasteiger partial charge < -0.3 is 9.47 Å².